The zero-order chi connectivity index (χ0) is 17.9. The monoisotopic (exact) mass is 470 g/mol. The van der Waals surface area contributed by atoms with Crippen molar-refractivity contribution in [3.8, 4) is 5.75 Å². The smallest absolute Gasteiger partial charge is 0.244 e. The lowest BCUT2D eigenvalue weighted by atomic mass is 9.81. The average molecular weight is 472 g/mol. The first-order chi connectivity index (χ1) is 11.9. The lowest BCUT2D eigenvalue weighted by molar-refractivity contribution is -0.143. The van der Waals surface area contributed by atoms with Gasteiger partial charge < -0.3 is 10.4 Å². The van der Waals surface area contributed by atoms with Crippen LogP contribution in [0.5, 0.6) is 5.75 Å². The number of hydrogen-bond donors (Lipinski definition) is 2. The molecule has 1 saturated heterocycles. The van der Waals surface area contributed by atoms with Crippen LogP contribution >= 0.6 is 31.9 Å². The summed E-state index contributed by atoms with van der Waals surface area (Å²) < 4.78 is 0. The van der Waals surface area contributed by atoms with Crippen LogP contribution in [-0.4, -0.2) is 43.9 Å². The van der Waals surface area contributed by atoms with Crippen LogP contribution in [0.1, 0.15) is 6.42 Å². The van der Waals surface area contributed by atoms with Crippen molar-refractivity contribution < 1.29 is 19.5 Å². The van der Waals surface area contributed by atoms with Crippen LogP contribution < -0.4 is 5.32 Å². The summed E-state index contributed by atoms with van der Waals surface area (Å²) in [4.78, 5) is 39.2. The summed E-state index contributed by atoms with van der Waals surface area (Å²) in [6.07, 6.45) is 0.863. The average Bonchev–Trinajstić information content (AvgIpc) is 3.15. The first-order valence-corrected chi connectivity index (χ1v) is 9.94. The molecule has 2 bridgehead atoms. The fourth-order valence-corrected chi connectivity index (χ4v) is 6.37. The molecule has 6 atom stereocenters. The normalized spacial score (nSPS) is 36.0. The van der Waals surface area contributed by atoms with Gasteiger partial charge in [-0.2, -0.15) is 0 Å². The largest absolute Gasteiger partial charge is 0.508 e. The molecule has 6 nitrogen and oxygen atoms in total. The molecule has 1 heterocycles. The molecule has 2 N–H and O–H groups in total. The lowest BCUT2D eigenvalue weighted by Crippen LogP contribution is -2.39. The predicted octanol–water partition coefficient (Wildman–Crippen LogP) is 2.11. The van der Waals surface area contributed by atoms with Crippen molar-refractivity contribution >= 4 is 55.3 Å². The molecular formula is C17H16Br2N2O4. The van der Waals surface area contributed by atoms with Gasteiger partial charge in [0.1, 0.15) is 12.3 Å². The molecule has 0 spiro atoms. The molecule has 3 aliphatic rings. The number of rotatable bonds is 3. The summed E-state index contributed by atoms with van der Waals surface area (Å²) in [7, 11) is 0. The first kappa shape index (κ1) is 17.0. The van der Waals surface area contributed by atoms with Gasteiger partial charge in [-0.15, -0.1) is 0 Å². The zero-order valence-corrected chi connectivity index (χ0v) is 16.2. The molecule has 3 fully saturated rings. The second-order valence-corrected chi connectivity index (χ2v) is 8.98. The Morgan fingerprint density at radius 3 is 2.32 bits per heavy atom. The van der Waals surface area contributed by atoms with Crippen LogP contribution in [-0.2, 0) is 14.4 Å². The molecule has 25 heavy (non-hydrogen) atoms. The number of amides is 3. The van der Waals surface area contributed by atoms with Crippen molar-refractivity contribution in [2.45, 2.75) is 16.1 Å². The van der Waals surface area contributed by atoms with E-state index < -0.39 is 5.91 Å². The van der Waals surface area contributed by atoms with E-state index in [2.05, 4.69) is 37.2 Å². The van der Waals surface area contributed by atoms with Gasteiger partial charge in [0.25, 0.3) is 0 Å². The summed E-state index contributed by atoms with van der Waals surface area (Å²) in [5.74, 6) is -1.26. The lowest BCUT2D eigenvalue weighted by Gasteiger charge is -2.28. The third kappa shape index (κ3) is 2.61. The van der Waals surface area contributed by atoms with Gasteiger partial charge in [-0.05, 0) is 30.4 Å². The van der Waals surface area contributed by atoms with Crippen LogP contribution in [0.25, 0.3) is 0 Å². The number of nitrogens with zero attached hydrogens (tertiary/aromatic N) is 1. The molecule has 132 valence electrons. The third-order valence-corrected chi connectivity index (χ3v) is 8.72. The van der Waals surface area contributed by atoms with Crippen LogP contribution in [0.4, 0.5) is 5.69 Å². The van der Waals surface area contributed by atoms with Crippen LogP contribution in [0.2, 0.25) is 0 Å². The quantitative estimate of drug-likeness (QED) is 0.522. The van der Waals surface area contributed by atoms with Gasteiger partial charge in [0, 0.05) is 21.4 Å². The van der Waals surface area contributed by atoms with E-state index in [1.807, 2.05) is 0 Å². The molecule has 4 rings (SSSR count). The highest BCUT2D eigenvalue weighted by Gasteiger charge is 2.66. The van der Waals surface area contributed by atoms with Crippen LogP contribution in [0.15, 0.2) is 24.3 Å². The van der Waals surface area contributed by atoms with Crippen LogP contribution in [0, 0.1) is 23.7 Å². The summed E-state index contributed by atoms with van der Waals surface area (Å²) in [6.45, 7) is -0.292. The fourth-order valence-electron chi connectivity index (χ4n) is 4.49. The molecule has 2 aliphatic carbocycles. The third-order valence-electron chi connectivity index (χ3n) is 5.51. The number of fused-ring (bicyclic) bond motifs is 5. The molecule has 0 radical (unpaired) electrons. The van der Waals surface area contributed by atoms with Crippen molar-refractivity contribution in [1.29, 1.82) is 0 Å². The maximum Gasteiger partial charge on any atom is 0.244 e. The number of halogens is 2. The van der Waals surface area contributed by atoms with E-state index in [1.165, 1.54) is 12.1 Å². The Labute approximate surface area is 161 Å². The van der Waals surface area contributed by atoms with E-state index in [0.717, 1.165) is 11.3 Å². The number of likely N-dealkylation sites (tertiary alicyclic amines) is 1. The molecule has 2 saturated carbocycles. The van der Waals surface area contributed by atoms with Gasteiger partial charge in [0.15, 0.2) is 0 Å². The Morgan fingerprint density at radius 1 is 1.16 bits per heavy atom. The highest BCUT2D eigenvalue weighted by atomic mass is 79.9. The number of carbonyl (C=O) groups excluding carboxylic acids is 3. The van der Waals surface area contributed by atoms with Gasteiger partial charge in [-0.25, -0.2) is 0 Å². The number of phenolic OH excluding ortho intramolecular Hbond substituents is 1. The summed E-state index contributed by atoms with van der Waals surface area (Å²) in [5, 5.41) is 12.0. The first-order valence-electron chi connectivity index (χ1n) is 8.10. The van der Waals surface area contributed by atoms with Gasteiger partial charge in [-0.3, -0.25) is 19.3 Å². The number of nitrogens with one attached hydrogen (secondary N) is 1. The maximum atomic E-state index is 12.7. The molecule has 1 aliphatic heterocycles. The second-order valence-electron chi connectivity index (χ2n) is 6.86. The van der Waals surface area contributed by atoms with E-state index in [4.69, 9.17) is 0 Å². The van der Waals surface area contributed by atoms with E-state index in [-0.39, 0.29) is 57.4 Å². The van der Waals surface area contributed by atoms with Crippen molar-refractivity contribution in [2.75, 3.05) is 11.9 Å². The zero-order valence-electron chi connectivity index (χ0n) is 13.1. The Morgan fingerprint density at radius 2 is 1.76 bits per heavy atom. The Bertz CT molecular complexity index is 739. The van der Waals surface area contributed by atoms with E-state index >= 15 is 0 Å². The van der Waals surface area contributed by atoms with Crippen molar-refractivity contribution in [3.63, 3.8) is 0 Å². The topological polar surface area (TPSA) is 86.7 Å². The van der Waals surface area contributed by atoms with E-state index in [1.54, 1.807) is 12.1 Å². The van der Waals surface area contributed by atoms with Crippen LogP contribution in [0.3, 0.4) is 0 Å². The molecular weight excluding hydrogens is 456 g/mol. The molecule has 3 amide bonds. The summed E-state index contributed by atoms with van der Waals surface area (Å²) >= 11 is 7.27. The number of aromatic hydroxyl groups is 1. The molecule has 8 heteroatoms. The fraction of sp³-hybridized carbons (Fsp3) is 0.471. The Hall–Kier alpha value is -1.41. The number of anilines is 1. The van der Waals surface area contributed by atoms with Crippen molar-refractivity contribution in [1.82, 2.24) is 4.90 Å². The highest BCUT2D eigenvalue weighted by Crippen LogP contribution is 2.60. The Balaban J connectivity index is 1.48. The van der Waals surface area contributed by atoms with E-state index in [9.17, 15) is 19.5 Å². The minimum atomic E-state index is -0.453. The number of alkyl halides is 2. The Kier molecular flexibility index (Phi) is 4.15. The molecule has 0 aromatic heterocycles. The highest BCUT2D eigenvalue weighted by molar-refractivity contribution is 9.12. The van der Waals surface area contributed by atoms with E-state index in [0.29, 0.717) is 5.69 Å². The number of carbonyl (C=O) groups is 3. The minimum Gasteiger partial charge on any atom is -0.508 e. The van der Waals surface area contributed by atoms with Gasteiger partial charge in [0.2, 0.25) is 17.7 Å². The number of hydrogen-bond acceptors (Lipinski definition) is 4. The standard InChI is InChI=1S/C17H16Br2N2O4/c18-14-9-5-10(15(14)19)13-12(9)16(24)21(17(13)25)6-11(23)20-7-2-1-3-8(22)4-7/h1-4,9-10,12-15,22H,5-6H2,(H,20,23)/t9-,10-,12-,13+,14-,15-/m1/s1. The van der Waals surface area contributed by atoms with Gasteiger partial charge in [-0.1, -0.05) is 37.9 Å². The molecule has 0 unspecified atom stereocenters. The number of benzene rings is 1. The van der Waals surface area contributed by atoms with Gasteiger partial charge >= 0.3 is 0 Å². The minimum absolute atomic E-state index is 0.0314. The summed E-state index contributed by atoms with van der Waals surface area (Å²) in [5.41, 5.74) is 0.422. The SMILES string of the molecule is O=C(CN1C(=O)[C@@H]2[C@H]3C[C@@H]([C@@H](Br)[C@@H]3Br)[C@@H]2C1=O)Nc1cccc(O)c1. The van der Waals surface area contributed by atoms with Crippen molar-refractivity contribution in [2.24, 2.45) is 23.7 Å². The van der Waals surface area contributed by atoms with Crippen molar-refractivity contribution in [3.05, 3.63) is 24.3 Å². The number of imide groups is 1. The predicted molar refractivity (Wildman–Crippen MR) is 97.5 cm³/mol. The number of phenols is 1. The molecule has 1 aromatic carbocycles. The van der Waals surface area contributed by atoms with Gasteiger partial charge in [0.05, 0.1) is 11.8 Å². The second kappa shape index (κ2) is 6.09. The molecule has 1 aromatic rings. The summed E-state index contributed by atoms with van der Waals surface area (Å²) in [6, 6.07) is 6.13. The maximum absolute atomic E-state index is 12.7.